The number of amides is 2. The highest BCUT2D eigenvalue weighted by atomic mass is 16.5. The molecule has 0 aromatic heterocycles. The minimum Gasteiger partial charge on any atom is -0.493 e. The fraction of sp³-hybridized carbons (Fsp3) is 0.250. The van der Waals surface area contributed by atoms with Crippen LogP contribution in [0.4, 0.5) is 5.69 Å². The smallest absolute Gasteiger partial charge is 0.329 e. The van der Waals surface area contributed by atoms with Crippen LogP contribution in [-0.2, 0) is 9.59 Å². The SMILES string of the molecule is COc1ccc(/C=N\NC(=O)C(=O)Nc2ccc(C(C)C)cc2)cc1OC. The first kappa shape index (κ1) is 20.0. The summed E-state index contributed by atoms with van der Waals surface area (Å²) >= 11 is 0. The van der Waals surface area contributed by atoms with E-state index in [1.54, 1.807) is 37.4 Å². The lowest BCUT2D eigenvalue weighted by molar-refractivity contribution is -0.136. The Morgan fingerprint density at radius 2 is 1.63 bits per heavy atom. The van der Waals surface area contributed by atoms with Gasteiger partial charge in [0.15, 0.2) is 11.5 Å². The minimum atomic E-state index is -0.861. The maximum absolute atomic E-state index is 11.9. The highest BCUT2D eigenvalue weighted by Crippen LogP contribution is 2.26. The molecular weight excluding hydrogens is 346 g/mol. The predicted molar refractivity (Wildman–Crippen MR) is 104 cm³/mol. The Hall–Kier alpha value is -3.35. The molecule has 0 aliphatic carbocycles. The molecule has 27 heavy (non-hydrogen) atoms. The number of methoxy groups -OCH3 is 2. The number of carbonyl (C=O) groups is 2. The van der Waals surface area contributed by atoms with Gasteiger partial charge in [0.1, 0.15) is 0 Å². The highest BCUT2D eigenvalue weighted by Gasteiger charge is 2.13. The quantitative estimate of drug-likeness (QED) is 0.465. The zero-order valence-corrected chi connectivity index (χ0v) is 15.8. The van der Waals surface area contributed by atoms with Gasteiger partial charge < -0.3 is 14.8 Å². The fourth-order valence-electron chi connectivity index (χ4n) is 2.29. The molecule has 0 heterocycles. The van der Waals surface area contributed by atoms with E-state index in [2.05, 4.69) is 29.7 Å². The van der Waals surface area contributed by atoms with Crippen LogP contribution in [0.1, 0.15) is 30.9 Å². The Bertz CT molecular complexity index is 830. The van der Waals surface area contributed by atoms with Gasteiger partial charge in [0.05, 0.1) is 20.4 Å². The summed E-state index contributed by atoms with van der Waals surface area (Å²) in [4.78, 5) is 23.8. The standard InChI is InChI=1S/C20H23N3O4/c1-13(2)15-6-8-16(9-7-15)22-19(24)20(25)23-21-12-14-5-10-17(26-3)18(11-14)27-4/h5-13H,1-4H3,(H,22,24)(H,23,25)/b21-12-. The average Bonchev–Trinajstić information content (AvgIpc) is 2.68. The van der Waals surface area contributed by atoms with Crippen molar-refractivity contribution in [1.29, 1.82) is 0 Å². The molecule has 0 saturated carbocycles. The largest absolute Gasteiger partial charge is 0.493 e. The topological polar surface area (TPSA) is 89.0 Å². The number of ether oxygens (including phenoxy) is 2. The van der Waals surface area contributed by atoms with Crippen molar-refractivity contribution in [2.45, 2.75) is 19.8 Å². The Balaban J connectivity index is 1.92. The lowest BCUT2D eigenvalue weighted by atomic mass is 10.0. The van der Waals surface area contributed by atoms with Crippen LogP contribution >= 0.6 is 0 Å². The number of hydrogen-bond donors (Lipinski definition) is 2. The molecule has 2 aromatic carbocycles. The Morgan fingerprint density at radius 3 is 2.22 bits per heavy atom. The van der Waals surface area contributed by atoms with Crippen LogP contribution in [0.25, 0.3) is 0 Å². The summed E-state index contributed by atoms with van der Waals surface area (Å²) in [6, 6.07) is 12.5. The van der Waals surface area contributed by atoms with Crippen molar-refractivity contribution < 1.29 is 19.1 Å². The number of hydrazone groups is 1. The Morgan fingerprint density at radius 1 is 0.963 bits per heavy atom. The Kier molecular flexibility index (Phi) is 6.93. The summed E-state index contributed by atoms with van der Waals surface area (Å²) in [5.41, 5.74) is 4.57. The minimum absolute atomic E-state index is 0.393. The molecule has 0 aliphatic rings. The summed E-state index contributed by atoms with van der Waals surface area (Å²) in [6.07, 6.45) is 1.41. The molecule has 0 spiro atoms. The summed E-state index contributed by atoms with van der Waals surface area (Å²) in [7, 11) is 3.07. The number of anilines is 1. The van der Waals surface area contributed by atoms with Crippen LogP contribution in [-0.4, -0.2) is 32.2 Å². The van der Waals surface area contributed by atoms with E-state index in [-0.39, 0.29) is 0 Å². The molecule has 7 heteroatoms. The Labute approximate surface area is 158 Å². The van der Waals surface area contributed by atoms with E-state index in [9.17, 15) is 9.59 Å². The van der Waals surface area contributed by atoms with E-state index >= 15 is 0 Å². The van der Waals surface area contributed by atoms with Gasteiger partial charge in [0.25, 0.3) is 0 Å². The molecule has 7 nitrogen and oxygen atoms in total. The number of nitrogens with zero attached hydrogens (tertiary/aromatic N) is 1. The highest BCUT2D eigenvalue weighted by molar-refractivity contribution is 6.39. The summed E-state index contributed by atoms with van der Waals surface area (Å²) < 4.78 is 10.3. The second kappa shape index (κ2) is 9.38. The molecule has 0 fully saturated rings. The third kappa shape index (κ3) is 5.57. The lowest BCUT2D eigenvalue weighted by Crippen LogP contribution is -2.32. The molecule has 2 aromatic rings. The van der Waals surface area contributed by atoms with E-state index in [0.717, 1.165) is 5.56 Å². The second-order valence-electron chi connectivity index (χ2n) is 6.04. The first-order chi connectivity index (χ1) is 12.9. The second-order valence-corrected chi connectivity index (χ2v) is 6.04. The first-order valence-corrected chi connectivity index (χ1v) is 8.41. The van der Waals surface area contributed by atoms with Crippen molar-refractivity contribution in [1.82, 2.24) is 5.43 Å². The third-order valence-corrected chi connectivity index (χ3v) is 3.83. The summed E-state index contributed by atoms with van der Waals surface area (Å²) in [5, 5.41) is 6.32. The molecule has 0 bridgehead atoms. The predicted octanol–water partition coefficient (Wildman–Crippen LogP) is 2.92. The normalized spacial score (nSPS) is 10.7. The molecule has 0 unspecified atom stereocenters. The van der Waals surface area contributed by atoms with E-state index in [1.165, 1.54) is 13.3 Å². The third-order valence-electron chi connectivity index (χ3n) is 3.83. The van der Waals surface area contributed by atoms with Crippen molar-refractivity contribution in [3.8, 4) is 11.5 Å². The molecule has 2 rings (SSSR count). The summed E-state index contributed by atoms with van der Waals surface area (Å²) in [6.45, 7) is 4.16. The number of hydrogen-bond acceptors (Lipinski definition) is 5. The van der Waals surface area contributed by atoms with Crippen molar-refractivity contribution in [2.24, 2.45) is 5.10 Å². The van der Waals surface area contributed by atoms with Crippen molar-refractivity contribution in [3.05, 3.63) is 53.6 Å². The molecule has 2 amide bonds. The van der Waals surface area contributed by atoms with Crippen molar-refractivity contribution >= 4 is 23.7 Å². The van der Waals surface area contributed by atoms with Gasteiger partial charge in [-0.3, -0.25) is 9.59 Å². The molecule has 0 saturated heterocycles. The van der Waals surface area contributed by atoms with E-state index in [4.69, 9.17) is 9.47 Å². The average molecular weight is 369 g/mol. The maximum Gasteiger partial charge on any atom is 0.329 e. The van der Waals surface area contributed by atoms with Gasteiger partial charge in [-0.2, -0.15) is 5.10 Å². The van der Waals surface area contributed by atoms with Crippen LogP contribution in [0.15, 0.2) is 47.6 Å². The zero-order chi connectivity index (χ0) is 19.8. The number of benzene rings is 2. The lowest BCUT2D eigenvalue weighted by Gasteiger charge is -2.08. The number of carbonyl (C=O) groups excluding carboxylic acids is 2. The van der Waals surface area contributed by atoms with Crippen LogP contribution < -0.4 is 20.2 Å². The van der Waals surface area contributed by atoms with Gasteiger partial charge in [-0.15, -0.1) is 0 Å². The maximum atomic E-state index is 11.9. The van der Waals surface area contributed by atoms with Gasteiger partial charge in [-0.05, 0) is 47.4 Å². The number of rotatable bonds is 6. The van der Waals surface area contributed by atoms with Gasteiger partial charge >= 0.3 is 11.8 Å². The van der Waals surface area contributed by atoms with E-state index < -0.39 is 11.8 Å². The van der Waals surface area contributed by atoms with E-state index in [1.807, 2.05) is 12.1 Å². The molecule has 0 atom stereocenters. The molecule has 0 radical (unpaired) electrons. The van der Waals surface area contributed by atoms with Crippen LogP contribution in [0.3, 0.4) is 0 Å². The van der Waals surface area contributed by atoms with Gasteiger partial charge in [0, 0.05) is 5.69 Å². The van der Waals surface area contributed by atoms with Crippen LogP contribution in [0, 0.1) is 0 Å². The fourth-order valence-corrected chi connectivity index (χ4v) is 2.29. The van der Waals surface area contributed by atoms with Gasteiger partial charge in [-0.1, -0.05) is 26.0 Å². The monoisotopic (exact) mass is 369 g/mol. The molecule has 0 aliphatic heterocycles. The van der Waals surface area contributed by atoms with Crippen molar-refractivity contribution in [2.75, 3.05) is 19.5 Å². The van der Waals surface area contributed by atoms with Gasteiger partial charge in [-0.25, -0.2) is 5.43 Å². The number of nitrogens with one attached hydrogen (secondary N) is 2. The first-order valence-electron chi connectivity index (χ1n) is 8.41. The van der Waals surface area contributed by atoms with Crippen LogP contribution in [0.5, 0.6) is 11.5 Å². The molecular formula is C20H23N3O4. The van der Waals surface area contributed by atoms with Crippen molar-refractivity contribution in [3.63, 3.8) is 0 Å². The summed E-state index contributed by atoms with van der Waals surface area (Å²) in [5.74, 6) is -0.141. The van der Waals surface area contributed by atoms with Crippen LogP contribution in [0.2, 0.25) is 0 Å². The van der Waals surface area contributed by atoms with Gasteiger partial charge in [0.2, 0.25) is 0 Å². The van der Waals surface area contributed by atoms with E-state index in [0.29, 0.717) is 28.7 Å². The zero-order valence-electron chi connectivity index (χ0n) is 15.8. The molecule has 2 N–H and O–H groups in total. The molecule has 142 valence electrons.